The van der Waals surface area contributed by atoms with Crippen molar-refractivity contribution in [3.8, 4) is 0 Å². The average molecular weight is 340 g/mol. The molecule has 6 heteroatoms. The molecule has 0 saturated carbocycles. The van der Waals surface area contributed by atoms with Crippen molar-refractivity contribution in [3.63, 3.8) is 0 Å². The number of hydrogen-bond acceptors (Lipinski definition) is 3. The Morgan fingerprint density at radius 3 is 2.68 bits per heavy atom. The third kappa shape index (κ3) is 3.90. The summed E-state index contributed by atoms with van der Waals surface area (Å²) in [6.45, 7) is 3.79. The number of rotatable bonds is 6. The lowest BCUT2D eigenvalue weighted by Gasteiger charge is -2.17. The highest BCUT2D eigenvalue weighted by molar-refractivity contribution is 5.97. The van der Waals surface area contributed by atoms with Gasteiger partial charge in [-0.2, -0.15) is 0 Å². The van der Waals surface area contributed by atoms with Crippen molar-refractivity contribution in [1.29, 1.82) is 0 Å². The van der Waals surface area contributed by atoms with E-state index < -0.39 is 0 Å². The number of nitrogens with zero attached hydrogens (tertiary/aromatic N) is 2. The number of carbonyl (C=O) groups excluding carboxylic acids is 2. The molecule has 2 heterocycles. The number of aromatic nitrogens is 2. The summed E-state index contributed by atoms with van der Waals surface area (Å²) in [5.74, 6) is -0.0802. The van der Waals surface area contributed by atoms with Gasteiger partial charge in [-0.3, -0.25) is 9.59 Å². The highest BCUT2D eigenvalue weighted by Crippen LogP contribution is 2.21. The Morgan fingerprint density at radius 2 is 1.92 bits per heavy atom. The van der Waals surface area contributed by atoms with Gasteiger partial charge in [-0.1, -0.05) is 37.3 Å². The van der Waals surface area contributed by atoms with Crippen LogP contribution in [0.5, 0.6) is 0 Å². The summed E-state index contributed by atoms with van der Waals surface area (Å²) in [5.41, 5.74) is 2.31. The zero-order chi connectivity index (χ0) is 17.6. The molecule has 0 radical (unpaired) electrons. The maximum Gasteiger partial charge on any atom is 0.287 e. The van der Waals surface area contributed by atoms with Gasteiger partial charge in [-0.25, -0.2) is 4.98 Å². The third-order valence-corrected chi connectivity index (χ3v) is 4.37. The summed E-state index contributed by atoms with van der Waals surface area (Å²) < 4.78 is 1.91. The molecule has 1 aliphatic heterocycles. The molecule has 132 valence electrons. The Balaban J connectivity index is 1.79. The zero-order valence-corrected chi connectivity index (χ0v) is 14.5. The van der Waals surface area contributed by atoms with Crippen LogP contribution in [-0.2, 0) is 19.5 Å². The minimum Gasteiger partial charge on any atom is -0.351 e. The summed E-state index contributed by atoms with van der Waals surface area (Å²) in [4.78, 5) is 29.4. The minimum absolute atomic E-state index is 0.186. The number of nitrogens with one attached hydrogen (secondary N) is 2. The molecule has 2 amide bonds. The quantitative estimate of drug-likeness (QED) is 0.847. The van der Waals surface area contributed by atoms with Crippen LogP contribution >= 0.6 is 0 Å². The lowest BCUT2D eigenvalue weighted by Crippen LogP contribution is -2.27. The second kappa shape index (κ2) is 7.96. The molecule has 6 nitrogen and oxygen atoms in total. The van der Waals surface area contributed by atoms with Crippen LogP contribution < -0.4 is 10.6 Å². The maximum atomic E-state index is 12.6. The van der Waals surface area contributed by atoms with Gasteiger partial charge in [0.2, 0.25) is 0 Å². The fourth-order valence-corrected chi connectivity index (χ4v) is 3.08. The van der Waals surface area contributed by atoms with Crippen molar-refractivity contribution in [2.24, 2.45) is 0 Å². The summed E-state index contributed by atoms with van der Waals surface area (Å²) in [6.07, 6.45) is 3.67. The van der Waals surface area contributed by atoms with Gasteiger partial charge in [0, 0.05) is 19.6 Å². The largest absolute Gasteiger partial charge is 0.351 e. The maximum absolute atomic E-state index is 12.6. The van der Waals surface area contributed by atoms with Crippen LogP contribution in [0.15, 0.2) is 30.3 Å². The molecule has 0 saturated heterocycles. The second-order valence-electron chi connectivity index (χ2n) is 6.26. The molecule has 2 aromatic rings. The zero-order valence-electron chi connectivity index (χ0n) is 14.5. The lowest BCUT2D eigenvalue weighted by molar-refractivity contribution is 0.0935. The standard InChI is InChI=1S/C19H24N4O2/c1-2-11-20-18(24)16-15-10-6-7-12-23(15)17(22-16)19(25)21-13-14-8-4-3-5-9-14/h3-5,8-9H,2,6-7,10-13H2,1H3,(H,20,24)(H,21,25). The topological polar surface area (TPSA) is 76.0 Å². The molecular weight excluding hydrogens is 316 g/mol. The molecule has 3 rings (SSSR count). The first kappa shape index (κ1) is 17.2. The summed E-state index contributed by atoms with van der Waals surface area (Å²) in [5, 5.41) is 5.77. The number of fused-ring (bicyclic) bond motifs is 1. The van der Waals surface area contributed by atoms with Gasteiger partial charge in [0.25, 0.3) is 11.8 Å². The lowest BCUT2D eigenvalue weighted by atomic mass is 10.1. The number of hydrogen-bond donors (Lipinski definition) is 2. The molecule has 0 spiro atoms. The summed E-state index contributed by atoms with van der Waals surface area (Å²) in [6, 6.07) is 9.75. The van der Waals surface area contributed by atoms with E-state index in [0.717, 1.165) is 43.5 Å². The van der Waals surface area contributed by atoms with Crippen LogP contribution in [0.4, 0.5) is 0 Å². The van der Waals surface area contributed by atoms with Gasteiger partial charge in [-0.05, 0) is 31.2 Å². The fraction of sp³-hybridized carbons (Fsp3) is 0.421. The molecule has 0 unspecified atom stereocenters. The molecule has 2 N–H and O–H groups in total. The van der Waals surface area contributed by atoms with E-state index in [1.54, 1.807) is 0 Å². The van der Waals surface area contributed by atoms with Gasteiger partial charge in [0.05, 0.1) is 5.69 Å². The first-order valence-electron chi connectivity index (χ1n) is 8.90. The van der Waals surface area contributed by atoms with Gasteiger partial charge in [0.15, 0.2) is 5.82 Å². The Hall–Kier alpha value is -2.63. The second-order valence-corrected chi connectivity index (χ2v) is 6.26. The van der Waals surface area contributed by atoms with Crippen LogP contribution in [0, 0.1) is 0 Å². The van der Waals surface area contributed by atoms with Crippen molar-refractivity contribution in [1.82, 2.24) is 20.2 Å². The van der Waals surface area contributed by atoms with E-state index in [-0.39, 0.29) is 11.8 Å². The number of imidazole rings is 1. The highest BCUT2D eigenvalue weighted by Gasteiger charge is 2.27. The van der Waals surface area contributed by atoms with Gasteiger partial charge in [-0.15, -0.1) is 0 Å². The Morgan fingerprint density at radius 1 is 1.12 bits per heavy atom. The fourth-order valence-electron chi connectivity index (χ4n) is 3.08. The van der Waals surface area contributed by atoms with Crippen LogP contribution in [0.1, 0.15) is 58.6 Å². The van der Waals surface area contributed by atoms with Crippen LogP contribution in [0.25, 0.3) is 0 Å². The summed E-state index contributed by atoms with van der Waals surface area (Å²) in [7, 11) is 0. The van der Waals surface area contributed by atoms with E-state index in [0.29, 0.717) is 24.6 Å². The van der Waals surface area contributed by atoms with E-state index in [4.69, 9.17) is 0 Å². The molecule has 25 heavy (non-hydrogen) atoms. The van der Waals surface area contributed by atoms with Crippen molar-refractivity contribution in [2.45, 2.75) is 45.7 Å². The molecule has 0 bridgehead atoms. The smallest absolute Gasteiger partial charge is 0.287 e. The van der Waals surface area contributed by atoms with E-state index in [1.165, 1.54) is 0 Å². The van der Waals surface area contributed by atoms with Gasteiger partial charge < -0.3 is 15.2 Å². The molecule has 0 atom stereocenters. The van der Waals surface area contributed by atoms with Crippen molar-refractivity contribution in [3.05, 3.63) is 53.1 Å². The Labute approximate surface area is 147 Å². The van der Waals surface area contributed by atoms with Gasteiger partial charge >= 0.3 is 0 Å². The van der Waals surface area contributed by atoms with Gasteiger partial charge in [0.1, 0.15) is 5.69 Å². The van der Waals surface area contributed by atoms with Crippen molar-refractivity contribution < 1.29 is 9.59 Å². The molecule has 0 aliphatic carbocycles. The highest BCUT2D eigenvalue weighted by atomic mass is 16.2. The predicted molar refractivity (Wildman–Crippen MR) is 95.4 cm³/mol. The van der Waals surface area contributed by atoms with E-state index in [1.807, 2.05) is 41.8 Å². The van der Waals surface area contributed by atoms with Crippen LogP contribution in [-0.4, -0.2) is 27.9 Å². The molecule has 0 fully saturated rings. The van der Waals surface area contributed by atoms with Crippen LogP contribution in [0.3, 0.4) is 0 Å². The first-order valence-corrected chi connectivity index (χ1v) is 8.90. The molecular formula is C19H24N4O2. The predicted octanol–water partition coefficient (Wildman–Crippen LogP) is 2.29. The van der Waals surface area contributed by atoms with E-state index in [9.17, 15) is 9.59 Å². The number of amides is 2. The number of benzene rings is 1. The molecule has 1 aromatic carbocycles. The Bertz CT molecular complexity index is 752. The third-order valence-electron chi connectivity index (χ3n) is 4.37. The van der Waals surface area contributed by atoms with Crippen molar-refractivity contribution in [2.75, 3.05) is 6.54 Å². The van der Waals surface area contributed by atoms with E-state index in [2.05, 4.69) is 15.6 Å². The SMILES string of the molecule is CCCNC(=O)c1nc(C(=O)NCc2ccccc2)n2c1CCCC2. The van der Waals surface area contributed by atoms with Crippen LogP contribution in [0.2, 0.25) is 0 Å². The van der Waals surface area contributed by atoms with Crippen molar-refractivity contribution >= 4 is 11.8 Å². The average Bonchev–Trinajstić information content (AvgIpc) is 3.05. The molecule has 1 aromatic heterocycles. The Kier molecular flexibility index (Phi) is 5.48. The molecule has 1 aliphatic rings. The first-order chi connectivity index (χ1) is 12.2. The summed E-state index contributed by atoms with van der Waals surface area (Å²) >= 11 is 0. The normalized spacial score (nSPS) is 13.2. The number of carbonyl (C=O) groups is 2. The monoisotopic (exact) mass is 340 g/mol. The minimum atomic E-state index is -0.235. The van der Waals surface area contributed by atoms with E-state index >= 15 is 0 Å².